The number of hydrogen-bond donors (Lipinski definition) is 1. The molecule has 1 aromatic carbocycles. The minimum absolute atomic E-state index is 0.254. The number of aromatic hydroxyl groups is 1. The molecule has 4 heteroatoms. The fourth-order valence-corrected chi connectivity index (χ4v) is 2.23. The molecule has 0 amide bonds. The Morgan fingerprint density at radius 2 is 2.35 bits per heavy atom. The van der Waals surface area contributed by atoms with Gasteiger partial charge in [0, 0.05) is 25.3 Å². The van der Waals surface area contributed by atoms with Crippen LogP contribution in [-0.2, 0) is 4.74 Å². The van der Waals surface area contributed by atoms with Crippen LogP contribution in [0.3, 0.4) is 0 Å². The summed E-state index contributed by atoms with van der Waals surface area (Å²) >= 11 is 0. The van der Waals surface area contributed by atoms with E-state index in [9.17, 15) is 5.11 Å². The lowest BCUT2D eigenvalue weighted by Crippen LogP contribution is -2.32. The number of phenols is 1. The molecule has 1 N–H and O–H groups in total. The minimum Gasteiger partial charge on any atom is -0.508 e. The number of fused-ring (bicyclic) bond motifs is 1. The molecule has 94 valence electrons. The maximum atomic E-state index is 9.41. The molecule has 1 aliphatic rings. The van der Waals surface area contributed by atoms with Gasteiger partial charge in [-0.2, -0.15) is 0 Å². The highest BCUT2D eigenvalue weighted by Gasteiger charge is 2.28. The topological polar surface area (TPSA) is 41.9 Å². The molecule has 0 spiro atoms. The molecule has 0 aliphatic carbocycles. The summed E-state index contributed by atoms with van der Waals surface area (Å²) in [6.45, 7) is 5.35. The monoisotopic (exact) mass is 237 g/mol. The Balaban J connectivity index is 2.14. The van der Waals surface area contributed by atoms with Crippen molar-refractivity contribution in [3.63, 3.8) is 0 Å². The quantitative estimate of drug-likeness (QED) is 0.848. The largest absolute Gasteiger partial charge is 0.508 e. The van der Waals surface area contributed by atoms with Gasteiger partial charge in [0.25, 0.3) is 0 Å². The van der Waals surface area contributed by atoms with E-state index in [0.717, 1.165) is 31.0 Å². The zero-order valence-corrected chi connectivity index (χ0v) is 10.3. The van der Waals surface area contributed by atoms with Crippen molar-refractivity contribution in [3.05, 3.63) is 23.8 Å². The fraction of sp³-hybridized carbons (Fsp3) is 0.538. The number of ether oxygens (including phenoxy) is 2. The molecule has 1 atom stereocenters. The van der Waals surface area contributed by atoms with E-state index in [1.54, 1.807) is 19.2 Å². The maximum absolute atomic E-state index is 9.41. The van der Waals surface area contributed by atoms with E-state index in [1.807, 2.05) is 6.07 Å². The van der Waals surface area contributed by atoms with Crippen LogP contribution >= 0.6 is 0 Å². The summed E-state index contributed by atoms with van der Waals surface area (Å²) < 4.78 is 10.7. The fourth-order valence-electron chi connectivity index (χ4n) is 2.23. The predicted molar refractivity (Wildman–Crippen MR) is 65.5 cm³/mol. The van der Waals surface area contributed by atoms with Crippen LogP contribution in [0.5, 0.6) is 11.5 Å². The Morgan fingerprint density at radius 1 is 1.53 bits per heavy atom. The zero-order valence-electron chi connectivity index (χ0n) is 10.3. The lowest BCUT2D eigenvalue weighted by atomic mass is 10.1. The van der Waals surface area contributed by atoms with Gasteiger partial charge < -0.3 is 14.6 Å². The standard InChI is InChI=1S/C13H19NO3/c1-3-14(6-7-16-2)12-9-17-13-8-10(15)4-5-11(12)13/h4-5,8,12,15H,3,6-7,9H2,1-2H3. The van der Waals surface area contributed by atoms with Crippen molar-refractivity contribution in [2.24, 2.45) is 0 Å². The Bertz CT molecular complexity index is 381. The normalized spacial score (nSPS) is 18.2. The number of benzene rings is 1. The first kappa shape index (κ1) is 12.2. The SMILES string of the molecule is CCN(CCOC)C1COc2cc(O)ccc21. The van der Waals surface area contributed by atoms with E-state index in [1.165, 1.54) is 0 Å². The molecule has 1 aromatic rings. The lowest BCUT2D eigenvalue weighted by molar-refractivity contribution is 0.112. The van der Waals surface area contributed by atoms with Gasteiger partial charge in [-0.1, -0.05) is 6.92 Å². The highest BCUT2D eigenvalue weighted by atomic mass is 16.5. The van der Waals surface area contributed by atoms with Crippen LogP contribution in [0, 0.1) is 0 Å². The lowest BCUT2D eigenvalue weighted by Gasteiger charge is -2.26. The Labute approximate surface area is 102 Å². The summed E-state index contributed by atoms with van der Waals surface area (Å²) in [6.07, 6.45) is 0. The van der Waals surface area contributed by atoms with Crippen molar-refractivity contribution >= 4 is 0 Å². The molecule has 1 heterocycles. The van der Waals surface area contributed by atoms with Crippen LogP contribution in [0.15, 0.2) is 18.2 Å². The van der Waals surface area contributed by atoms with Gasteiger partial charge in [0.05, 0.1) is 12.6 Å². The van der Waals surface area contributed by atoms with E-state index in [2.05, 4.69) is 11.8 Å². The van der Waals surface area contributed by atoms with Gasteiger partial charge in [-0.25, -0.2) is 0 Å². The maximum Gasteiger partial charge on any atom is 0.127 e. The highest BCUT2D eigenvalue weighted by Crippen LogP contribution is 2.37. The summed E-state index contributed by atoms with van der Waals surface area (Å²) in [7, 11) is 1.71. The van der Waals surface area contributed by atoms with E-state index in [4.69, 9.17) is 9.47 Å². The number of rotatable bonds is 5. The number of methoxy groups -OCH3 is 1. The first-order chi connectivity index (χ1) is 8.26. The van der Waals surface area contributed by atoms with E-state index in [-0.39, 0.29) is 11.8 Å². The van der Waals surface area contributed by atoms with Crippen LogP contribution in [0.1, 0.15) is 18.5 Å². The Morgan fingerprint density at radius 3 is 3.06 bits per heavy atom. The van der Waals surface area contributed by atoms with Crippen LogP contribution in [0.2, 0.25) is 0 Å². The molecule has 4 nitrogen and oxygen atoms in total. The molecule has 0 bridgehead atoms. The second-order valence-electron chi connectivity index (χ2n) is 4.17. The Hall–Kier alpha value is -1.26. The number of hydrogen-bond acceptors (Lipinski definition) is 4. The minimum atomic E-state index is 0.254. The molecule has 0 saturated carbocycles. The third-order valence-corrected chi connectivity index (χ3v) is 3.18. The van der Waals surface area contributed by atoms with Gasteiger partial charge in [-0.15, -0.1) is 0 Å². The third-order valence-electron chi connectivity index (χ3n) is 3.18. The Kier molecular flexibility index (Phi) is 3.86. The van der Waals surface area contributed by atoms with Gasteiger partial charge in [0.1, 0.15) is 18.1 Å². The van der Waals surface area contributed by atoms with Crippen molar-refractivity contribution < 1.29 is 14.6 Å². The number of nitrogens with zero attached hydrogens (tertiary/aromatic N) is 1. The van der Waals surface area contributed by atoms with Gasteiger partial charge in [-0.05, 0) is 18.7 Å². The average Bonchev–Trinajstić information content (AvgIpc) is 2.73. The van der Waals surface area contributed by atoms with Crippen LogP contribution in [0.4, 0.5) is 0 Å². The molecule has 2 rings (SSSR count). The first-order valence-electron chi connectivity index (χ1n) is 5.95. The van der Waals surface area contributed by atoms with Crippen molar-refractivity contribution in [3.8, 4) is 11.5 Å². The van der Waals surface area contributed by atoms with E-state index < -0.39 is 0 Å². The molecule has 0 saturated heterocycles. The van der Waals surface area contributed by atoms with Gasteiger partial charge in [0.15, 0.2) is 0 Å². The highest BCUT2D eigenvalue weighted by molar-refractivity contribution is 5.44. The smallest absolute Gasteiger partial charge is 0.127 e. The molecule has 0 aromatic heterocycles. The van der Waals surface area contributed by atoms with Gasteiger partial charge in [-0.3, -0.25) is 4.90 Å². The van der Waals surface area contributed by atoms with Crippen molar-refractivity contribution in [1.82, 2.24) is 4.90 Å². The van der Waals surface area contributed by atoms with Crippen molar-refractivity contribution in [2.45, 2.75) is 13.0 Å². The van der Waals surface area contributed by atoms with Crippen LogP contribution < -0.4 is 4.74 Å². The summed E-state index contributed by atoms with van der Waals surface area (Å²) in [5.74, 6) is 1.05. The number of likely N-dealkylation sites (N-methyl/N-ethyl adjacent to an activating group) is 1. The molecule has 0 fully saturated rings. The van der Waals surface area contributed by atoms with E-state index >= 15 is 0 Å². The molecule has 1 unspecified atom stereocenters. The van der Waals surface area contributed by atoms with E-state index in [0.29, 0.717) is 6.61 Å². The summed E-state index contributed by atoms with van der Waals surface area (Å²) in [5, 5.41) is 9.41. The molecular weight excluding hydrogens is 218 g/mol. The molecule has 1 aliphatic heterocycles. The molecule has 0 radical (unpaired) electrons. The van der Waals surface area contributed by atoms with Gasteiger partial charge in [0.2, 0.25) is 0 Å². The summed E-state index contributed by atoms with van der Waals surface area (Å²) in [5.41, 5.74) is 1.15. The van der Waals surface area contributed by atoms with Crippen molar-refractivity contribution in [2.75, 3.05) is 33.4 Å². The first-order valence-corrected chi connectivity index (χ1v) is 5.95. The number of phenolic OH excluding ortho intramolecular Hbond substituents is 1. The summed E-state index contributed by atoms with van der Waals surface area (Å²) in [6, 6.07) is 5.60. The average molecular weight is 237 g/mol. The molecular formula is C13H19NO3. The molecule has 17 heavy (non-hydrogen) atoms. The van der Waals surface area contributed by atoms with Crippen molar-refractivity contribution in [1.29, 1.82) is 0 Å². The second kappa shape index (κ2) is 5.38. The summed E-state index contributed by atoms with van der Waals surface area (Å²) in [4.78, 5) is 2.33. The van der Waals surface area contributed by atoms with Crippen LogP contribution in [0.25, 0.3) is 0 Å². The second-order valence-corrected chi connectivity index (χ2v) is 4.17. The van der Waals surface area contributed by atoms with Crippen LogP contribution in [-0.4, -0.2) is 43.4 Å². The third kappa shape index (κ3) is 2.53. The predicted octanol–water partition coefficient (Wildman–Crippen LogP) is 1.79. The van der Waals surface area contributed by atoms with Gasteiger partial charge >= 0.3 is 0 Å². The zero-order chi connectivity index (χ0) is 12.3.